The number of nitro benzene ring substituents is 1. The first-order chi connectivity index (χ1) is 14.4. The lowest BCUT2D eigenvalue weighted by molar-refractivity contribution is -0.386. The Bertz CT molecular complexity index is 952. The molecule has 176 valence electrons. The molecule has 0 saturated carbocycles. The molecule has 0 aliphatic rings. The Morgan fingerprint density at radius 3 is 2.09 bits per heavy atom. The van der Waals surface area contributed by atoms with Crippen molar-refractivity contribution in [3.63, 3.8) is 0 Å². The number of carboxylic acid groups (broad SMARTS) is 2. The maximum Gasteiger partial charge on any atom is 0.456 e. The van der Waals surface area contributed by atoms with Crippen molar-refractivity contribution in [3.8, 4) is 5.75 Å². The summed E-state index contributed by atoms with van der Waals surface area (Å²) in [6.45, 7) is 0.917. The minimum Gasteiger partial charge on any atom is -0.480 e. The molecule has 3 N–H and O–H groups in total. The highest BCUT2D eigenvalue weighted by molar-refractivity contribution is 9.11. The molecule has 1 aromatic carbocycles. The largest absolute Gasteiger partial charge is 0.480 e. The maximum absolute atomic E-state index is 13.1. The number of nitrogens with zero attached hydrogens (tertiary/aromatic N) is 1. The molecule has 10 nitrogen and oxygen atoms in total. The summed E-state index contributed by atoms with van der Waals surface area (Å²) in [5.41, 5.74) is -4.77. The monoisotopic (exact) mass is 534 g/mol. The van der Waals surface area contributed by atoms with E-state index in [1.54, 1.807) is 5.32 Å². The van der Waals surface area contributed by atoms with E-state index in [-0.39, 0.29) is 4.48 Å². The van der Waals surface area contributed by atoms with Crippen LogP contribution in [0.4, 0.5) is 27.6 Å². The molecule has 0 aliphatic carbocycles. The predicted octanol–water partition coefficient (Wildman–Crippen LogP) is 3.11. The average molecular weight is 535 g/mol. The zero-order chi connectivity index (χ0) is 25.1. The molecule has 1 aromatic rings. The minimum absolute atomic E-state index is 0.148. The van der Waals surface area contributed by atoms with Crippen LogP contribution < -0.4 is 10.1 Å². The van der Waals surface area contributed by atoms with Crippen molar-refractivity contribution in [3.05, 3.63) is 44.9 Å². The molecule has 0 heterocycles. The molecule has 0 aliphatic heterocycles. The normalized spacial score (nSPS) is 12.1. The molecular formula is C16H12BrF5N2O8. The van der Waals surface area contributed by atoms with Gasteiger partial charge in [0.15, 0.2) is 12.4 Å². The summed E-state index contributed by atoms with van der Waals surface area (Å²) >= 11 is 2.75. The Kier molecular flexibility index (Phi) is 7.90. The van der Waals surface area contributed by atoms with E-state index < -0.39 is 70.4 Å². The fourth-order valence-electron chi connectivity index (χ4n) is 2.12. The zero-order valence-electron chi connectivity index (χ0n) is 15.4. The van der Waals surface area contributed by atoms with E-state index >= 15 is 0 Å². The second-order valence-electron chi connectivity index (χ2n) is 6.09. The standard InChI is InChI=1S/C16H12BrF5N2O8/c1-7(17)5-14(12(26)27,13(28)29)23-11(25)8-2-3-9(24(30)31)10(4-8)32-6-15(18,19)16(20,21)22/h2-4H,1,5-6H2,(H,23,25)(H,26,27)(H,28,29). The Labute approximate surface area is 182 Å². The molecule has 0 fully saturated rings. The molecule has 0 spiro atoms. The third-order valence-electron chi connectivity index (χ3n) is 3.76. The summed E-state index contributed by atoms with van der Waals surface area (Å²) in [5.74, 6) is -12.1. The Balaban J connectivity index is 3.36. The molecule has 0 radical (unpaired) electrons. The Hall–Kier alpha value is -3.30. The summed E-state index contributed by atoms with van der Waals surface area (Å²) in [6, 6.07) is 1.58. The van der Waals surface area contributed by atoms with Gasteiger partial charge >= 0.3 is 29.7 Å². The number of ether oxygens (including phenoxy) is 1. The van der Waals surface area contributed by atoms with E-state index in [1.807, 2.05) is 0 Å². The molecule has 0 unspecified atom stereocenters. The van der Waals surface area contributed by atoms with Crippen molar-refractivity contribution in [2.45, 2.75) is 24.1 Å². The third-order valence-corrected chi connectivity index (χ3v) is 4.04. The summed E-state index contributed by atoms with van der Waals surface area (Å²) < 4.78 is 67.1. The van der Waals surface area contributed by atoms with E-state index in [1.165, 1.54) is 0 Å². The van der Waals surface area contributed by atoms with Gasteiger partial charge in [-0.2, -0.15) is 22.0 Å². The fraction of sp³-hybridized carbons (Fsp3) is 0.312. The molecule has 16 heteroatoms. The van der Waals surface area contributed by atoms with Gasteiger partial charge in [0.05, 0.1) is 4.92 Å². The summed E-state index contributed by atoms with van der Waals surface area (Å²) in [4.78, 5) is 45.3. The molecular weight excluding hydrogens is 523 g/mol. The second kappa shape index (κ2) is 9.46. The lowest BCUT2D eigenvalue weighted by Crippen LogP contribution is -2.60. The first kappa shape index (κ1) is 26.7. The van der Waals surface area contributed by atoms with E-state index in [9.17, 15) is 56.7 Å². The van der Waals surface area contributed by atoms with E-state index in [4.69, 9.17) is 0 Å². The smallest absolute Gasteiger partial charge is 0.456 e. The molecule has 1 rings (SSSR count). The number of carboxylic acids is 2. The van der Waals surface area contributed by atoms with Crippen LogP contribution in [0.5, 0.6) is 5.75 Å². The first-order valence-electron chi connectivity index (χ1n) is 7.93. The molecule has 0 bridgehead atoms. The van der Waals surface area contributed by atoms with Crippen LogP contribution in [0, 0.1) is 10.1 Å². The van der Waals surface area contributed by atoms with Crippen LogP contribution in [0.2, 0.25) is 0 Å². The number of rotatable bonds is 10. The fourth-order valence-corrected chi connectivity index (χ4v) is 2.54. The van der Waals surface area contributed by atoms with Gasteiger partial charge in [-0.25, -0.2) is 9.59 Å². The number of alkyl halides is 5. The number of carbonyl (C=O) groups excluding carboxylic acids is 1. The van der Waals surface area contributed by atoms with Crippen LogP contribution in [-0.2, 0) is 9.59 Å². The summed E-state index contributed by atoms with van der Waals surface area (Å²) in [5, 5.41) is 31.3. The highest BCUT2D eigenvalue weighted by Crippen LogP contribution is 2.37. The van der Waals surface area contributed by atoms with E-state index in [0.29, 0.717) is 18.2 Å². The Morgan fingerprint density at radius 2 is 1.69 bits per heavy atom. The van der Waals surface area contributed by atoms with Crippen LogP contribution in [-0.4, -0.2) is 57.2 Å². The van der Waals surface area contributed by atoms with E-state index in [2.05, 4.69) is 27.2 Å². The second-order valence-corrected chi connectivity index (χ2v) is 7.22. The molecule has 1 amide bonds. The predicted molar refractivity (Wildman–Crippen MR) is 97.7 cm³/mol. The van der Waals surface area contributed by atoms with Crippen LogP contribution in [0.25, 0.3) is 0 Å². The van der Waals surface area contributed by atoms with Crippen molar-refractivity contribution in [2.24, 2.45) is 0 Å². The van der Waals surface area contributed by atoms with Gasteiger partial charge in [-0.05, 0) is 10.5 Å². The van der Waals surface area contributed by atoms with Crippen molar-refractivity contribution in [2.75, 3.05) is 6.61 Å². The van der Waals surface area contributed by atoms with Gasteiger partial charge in [-0.15, -0.1) is 0 Å². The van der Waals surface area contributed by atoms with Crippen molar-refractivity contribution in [1.29, 1.82) is 0 Å². The number of amides is 1. The number of benzene rings is 1. The maximum atomic E-state index is 13.1. The lowest BCUT2D eigenvalue weighted by Gasteiger charge is -2.26. The molecule has 0 atom stereocenters. The van der Waals surface area contributed by atoms with E-state index in [0.717, 1.165) is 0 Å². The van der Waals surface area contributed by atoms with Gasteiger partial charge in [-0.1, -0.05) is 22.5 Å². The quantitative estimate of drug-likeness (QED) is 0.179. The van der Waals surface area contributed by atoms with Crippen LogP contribution in [0.1, 0.15) is 16.8 Å². The summed E-state index contributed by atoms with van der Waals surface area (Å²) in [6.07, 6.45) is -6.88. The van der Waals surface area contributed by atoms with Gasteiger partial charge in [0, 0.05) is 24.1 Å². The number of halogens is 6. The van der Waals surface area contributed by atoms with Gasteiger partial charge in [-0.3, -0.25) is 14.9 Å². The van der Waals surface area contributed by atoms with Gasteiger partial charge in [0.2, 0.25) is 5.54 Å². The van der Waals surface area contributed by atoms with Gasteiger partial charge in [0.25, 0.3) is 5.91 Å². The number of aliphatic carboxylic acids is 2. The Morgan fingerprint density at radius 1 is 1.16 bits per heavy atom. The van der Waals surface area contributed by atoms with Crippen LogP contribution >= 0.6 is 15.9 Å². The molecule has 0 aromatic heterocycles. The zero-order valence-corrected chi connectivity index (χ0v) is 17.0. The minimum atomic E-state index is -6.03. The van der Waals surface area contributed by atoms with Crippen LogP contribution in [0.15, 0.2) is 29.3 Å². The van der Waals surface area contributed by atoms with Crippen molar-refractivity contribution < 1.29 is 56.2 Å². The number of nitrogens with one attached hydrogen (secondary N) is 1. The number of hydrogen-bond acceptors (Lipinski definition) is 6. The first-order valence-corrected chi connectivity index (χ1v) is 8.72. The van der Waals surface area contributed by atoms with Crippen LogP contribution in [0.3, 0.4) is 0 Å². The number of carbonyl (C=O) groups is 3. The lowest BCUT2D eigenvalue weighted by atomic mass is 9.94. The molecule has 0 saturated heterocycles. The topological polar surface area (TPSA) is 156 Å². The van der Waals surface area contributed by atoms with Crippen molar-refractivity contribution >= 4 is 39.5 Å². The van der Waals surface area contributed by atoms with Crippen molar-refractivity contribution in [1.82, 2.24) is 5.32 Å². The van der Waals surface area contributed by atoms with Gasteiger partial charge < -0.3 is 20.3 Å². The highest BCUT2D eigenvalue weighted by atomic mass is 79.9. The number of nitro groups is 1. The SMILES string of the molecule is C=C(Br)CC(NC(=O)c1ccc([N+](=O)[O-])c(OCC(F)(F)C(F)(F)F)c1)(C(=O)O)C(=O)O. The van der Waals surface area contributed by atoms with Gasteiger partial charge in [0.1, 0.15) is 0 Å². The number of hydrogen-bond donors (Lipinski definition) is 3. The highest BCUT2D eigenvalue weighted by Gasteiger charge is 2.58. The average Bonchev–Trinajstić information content (AvgIpc) is 2.63. The summed E-state index contributed by atoms with van der Waals surface area (Å²) in [7, 11) is 0. The third kappa shape index (κ3) is 5.89. The molecule has 32 heavy (non-hydrogen) atoms.